The van der Waals surface area contributed by atoms with Crippen LogP contribution in [0.1, 0.15) is 40.9 Å². The minimum Gasteiger partial charge on any atom is -0.497 e. The Kier molecular flexibility index (Phi) is 10.4. The highest BCUT2D eigenvalue weighted by atomic mass is 32.2. The number of hydrogen-bond acceptors (Lipinski definition) is 7. The fourth-order valence-corrected chi connectivity index (χ4v) is 5.62. The van der Waals surface area contributed by atoms with Crippen molar-refractivity contribution in [3.63, 3.8) is 0 Å². The van der Waals surface area contributed by atoms with Crippen LogP contribution in [0.2, 0.25) is 0 Å². The largest absolute Gasteiger partial charge is 0.497 e. The van der Waals surface area contributed by atoms with Crippen LogP contribution in [0.25, 0.3) is 0 Å². The molecule has 1 aliphatic heterocycles. The van der Waals surface area contributed by atoms with Crippen molar-refractivity contribution in [2.24, 2.45) is 0 Å². The number of carbonyl (C=O) groups is 2. The van der Waals surface area contributed by atoms with E-state index in [1.54, 1.807) is 18.9 Å². The van der Waals surface area contributed by atoms with Crippen LogP contribution in [0.15, 0.2) is 67.1 Å². The summed E-state index contributed by atoms with van der Waals surface area (Å²) in [4.78, 5) is 35.2. The van der Waals surface area contributed by atoms with Gasteiger partial charge in [-0.1, -0.05) is 30.3 Å². The average molecular weight is 551 g/mol. The zero-order valence-corrected chi connectivity index (χ0v) is 23.8. The summed E-state index contributed by atoms with van der Waals surface area (Å²) in [7, 11) is 3.07. The van der Waals surface area contributed by atoms with Crippen molar-refractivity contribution in [1.29, 1.82) is 0 Å². The van der Waals surface area contributed by atoms with Crippen LogP contribution in [0, 0.1) is 0 Å². The number of amides is 1. The Morgan fingerprint density at radius 1 is 1.05 bits per heavy atom. The highest BCUT2D eigenvalue weighted by Gasteiger charge is 2.37. The van der Waals surface area contributed by atoms with E-state index < -0.39 is 6.04 Å². The maximum absolute atomic E-state index is 13.7. The standard InChI is InChI=1S/C30H38N4O4S/c1-37-27-11-9-23(10-12-27)20-33-22-31-19-26(33)21-32-16-13-25(14-17-32)34(28(15-18-39-3)30(36)38-2)29(35)24-7-5-4-6-8-24/h4-12,19,22,25,28H,13-18,20-21H2,1-3H3/t28-/m0/s1. The number of rotatable bonds is 12. The molecule has 0 spiro atoms. The third-order valence-electron chi connectivity index (χ3n) is 7.31. The third-order valence-corrected chi connectivity index (χ3v) is 7.95. The van der Waals surface area contributed by atoms with Gasteiger partial charge in [-0.2, -0.15) is 11.8 Å². The number of esters is 1. The molecular formula is C30H38N4O4S. The first-order valence-electron chi connectivity index (χ1n) is 13.3. The van der Waals surface area contributed by atoms with Gasteiger partial charge in [-0.05, 0) is 61.1 Å². The summed E-state index contributed by atoms with van der Waals surface area (Å²) >= 11 is 1.67. The first-order chi connectivity index (χ1) is 19.0. The van der Waals surface area contributed by atoms with Crippen LogP contribution in [0.5, 0.6) is 5.75 Å². The highest BCUT2D eigenvalue weighted by Crippen LogP contribution is 2.25. The SMILES string of the molecule is COC(=O)[C@H](CCSC)N(C(=O)c1ccccc1)C1CCN(Cc2cncn2Cc2ccc(OC)cc2)CC1. The Morgan fingerprint density at radius 3 is 2.41 bits per heavy atom. The van der Waals surface area contributed by atoms with Crippen molar-refractivity contribution in [2.75, 3.05) is 39.3 Å². The Labute approximate surface area is 235 Å². The van der Waals surface area contributed by atoms with Gasteiger partial charge >= 0.3 is 5.97 Å². The zero-order valence-electron chi connectivity index (χ0n) is 23.0. The number of imidazole rings is 1. The second-order valence-electron chi connectivity index (χ2n) is 9.77. The van der Waals surface area contributed by atoms with Crippen molar-refractivity contribution in [3.05, 3.63) is 83.9 Å². The minimum absolute atomic E-state index is 0.0378. The molecule has 0 radical (unpaired) electrons. The molecule has 2 aromatic carbocycles. The van der Waals surface area contributed by atoms with Crippen molar-refractivity contribution in [1.82, 2.24) is 19.4 Å². The first kappa shape index (κ1) is 28.7. The van der Waals surface area contributed by atoms with E-state index in [-0.39, 0.29) is 17.9 Å². The molecule has 1 fully saturated rings. The van der Waals surface area contributed by atoms with Crippen molar-refractivity contribution >= 4 is 23.6 Å². The second-order valence-corrected chi connectivity index (χ2v) is 10.8. The molecule has 39 heavy (non-hydrogen) atoms. The van der Waals surface area contributed by atoms with Gasteiger partial charge in [0.2, 0.25) is 0 Å². The van der Waals surface area contributed by atoms with Crippen LogP contribution in [0.3, 0.4) is 0 Å². The van der Waals surface area contributed by atoms with E-state index in [0.29, 0.717) is 12.0 Å². The third kappa shape index (κ3) is 7.42. The molecule has 208 valence electrons. The molecule has 1 aromatic heterocycles. The molecule has 0 N–H and O–H groups in total. The lowest BCUT2D eigenvalue weighted by atomic mass is 9.98. The number of nitrogens with zero attached hydrogens (tertiary/aromatic N) is 4. The summed E-state index contributed by atoms with van der Waals surface area (Å²) in [6.45, 7) is 3.18. The normalized spacial score (nSPS) is 15.1. The fraction of sp³-hybridized carbons (Fsp3) is 0.433. The van der Waals surface area contributed by atoms with Crippen LogP contribution in [-0.4, -0.2) is 82.6 Å². The molecule has 4 rings (SSSR count). The molecule has 8 nitrogen and oxygen atoms in total. The van der Waals surface area contributed by atoms with Crippen molar-refractivity contribution < 1.29 is 19.1 Å². The molecule has 1 aliphatic rings. The lowest BCUT2D eigenvalue weighted by Crippen LogP contribution is -2.54. The van der Waals surface area contributed by atoms with Crippen LogP contribution in [-0.2, 0) is 22.6 Å². The number of benzene rings is 2. The Hall–Kier alpha value is -3.30. The van der Waals surface area contributed by atoms with E-state index in [2.05, 4.69) is 26.6 Å². The molecule has 9 heteroatoms. The average Bonchev–Trinajstić information content (AvgIpc) is 3.42. The second kappa shape index (κ2) is 14.2. The van der Waals surface area contributed by atoms with E-state index in [4.69, 9.17) is 9.47 Å². The van der Waals surface area contributed by atoms with E-state index in [1.807, 2.05) is 66.1 Å². The summed E-state index contributed by atoms with van der Waals surface area (Å²) in [6, 6.07) is 16.7. The number of carbonyl (C=O) groups excluding carboxylic acids is 2. The van der Waals surface area contributed by atoms with Crippen LogP contribution >= 0.6 is 11.8 Å². The van der Waals surface area contributed by atoms with Gasteiger partial charge in [0.05, 0.1) is 26.2 Å². The van der Waals surface area contributed by atoms with Gasteiger partial charge in [-0.15, -0.1) is 0 Å². The Balaban J connectivity index is 1.44. The Bertz CT molecular complexity index is 1190. The molecular weight excluding hydrogens is 512 g/mol. The van der Waals surface area contributed by atoms with Gasteiger partial charge in [0.1, 0.15) is 11.8 Å². The van der Waals surface area contributed by atoms with E-state index in [0.717, 1.165) is 56.2 Å². The number of likely N-dealkylation sites (tertiary alicyclic amines) is 1. The smallest absolute Gasteiger partial charge is 0.328 e. The lowest BCUT2D eigenvalue weighted by molar-refractivity contribution is -0.147. The predicted octanol–water partition coefficient (Wildman–Crippen LogP) is 4.34. The first-order valence-corrected chi connectivity index (χ1v) is 14.7. The van der Waals surface area contributed by atoms with E-state index in [1.165, 1.54) is 12.7 Å². The van der Waals surface area contributed by atoms with Crippen LogP contribution < -0.4 is 4.74 Å². The Morgan fingerprint density at radius 2 is 1.77 bits per heavy atom. The van der Waals surface area contributed by atoms with Gasteiger partial charge in [0.25, 0.3) is 5.91 Å². The molecule has 1 saturated heterocycles. The minimum atomic E-state index is -0.599. The number of aromatic nitrogens is 2. The predicted molar refractivity (Wildman–Crippen MR) is 154 cm³/mol. The molecule has 0 bridgehead atoms. The molecule has 0 aliphatic carbocycles. The highest BCUT2D eigenvalue weighted by molar-refractivity contribution is 7.98. The molecule has 0 saturated carbocycles. The van der Waals surface area contributed by atoms with Gasteiger partial charge in [0, 0.05) is 44.0 Å². The summed E-state index contributed by atoms with van der Waals surface area (Å²) in [5.74, 6) is 1.16. The summed E-state index contributed by atoms with van der Waals surface area (Å²) < 4.78 is 12.6. The van der Waals surface area contributed by atoms with Gasteiger partial charge < -0.3 is 18.9 Å². The number of piperidine rings is 1. The number of hydrogen-bond donors (Lipinski definition) is 0. The number of ether oxygens (including phenoxy) is 2. The summed E-state index contributed by atoms with van der Waals surface area (Å²) in [5, 5.41) is 0. The zero-order chi connectivity index (χ0) is 27.6. The van der Waals surface area contributed by atoms with E-state index >= 15 is 0 Å². The van der Waals surface area contributed by atoms with Gasteiger partial charge in [-0.3, -0.25) is 9.69 Å². The van der Waals surface area contributed by atoms with Crippen molar-refractivity contribution in [3.8, 4) is 5.75 Å². The fourth-order valence-electron chi connectivity index (χ4n) is 5.16. The number of thioether (sulfide) groups is 1. The maximum Gasteiger partial charge on any atom is 0.328 e. The molecule has 1 amide bonds. The molecule has 0 unspecified atom stereocenters. The lowest BCUT2D eigenvalue weighted by Gasteiger charge is -2.41. The maximum atomic E-state index is 13.7. The monoisotopic (exact) mass is 550 g/mol. The van der Waals surface area contributed by atoms with Gasteiger partial charge in [-0.25, -0.2) is 9.78 Å². The molecule has 3 aromatic rings. The topological polar surface area (TPSA) is 76.9 Å². The summed E-state index contributed by atoms with van der Waals surface area (Å²) in [5.41, 5.74) is 2.93. The van der Waals surface area contributed by atoms with E-state index in [9.17, 15) is 9.59 Å². The van der Waals surface area contributed by atoms with Gasteiger partial charge in [0.15, 0.2) is 0 Å². The van der Waals surface area contributed by atoms with Crippen molar-refractivity contribution in [2.45, 2.75) is 44.4 Å². The van der Waals surface area contributed by atoms with Crippen LogP contribution in [0.4, 0.5) is 0 Å². The molecule has 2 heterocycles. The quantitative estimate of drug-likeness (QED) is 0.311. The summed E-state index contributed by atoms with van der Waals surface area (Å²) in [6.07, 6.45) is 7.96. The molecule has 1 atom stereocenters. The number of methoxy groups -OCH3 is 2.